The highest BCUT2D eigenvalue weighted by Gasteiger charge is 2.32. The van der Waals surface area contributed by atoms with Crippen LogP contribution in [0.1, 0.15) is 33.1 Å². The molecule has 4 unspecified atom stereocenters. The van der Waals surface area contributed by atoms with Crippen molar-refractivity contribution in [2.75, 3.05) is 34.0 Å². The van der Waals surface area contributed by atoms with E-state index in [0.29, 0.717) is 12.1 Å². The summed E-state index contributed by atoms with van der Waals surface area (Å²) >= 11 is 0. The zero-order valence-corrected chi connectivity index (χ0v) is 12.4. The molecule has 0 aromatic carbocycles. The van der Waals surface area contributed by atoms with Gasteiger partial charge in [0.2, 0.25) is 0 Å². The number of methoxy groups -OCH3 is 2. The van der Waals surface area contributed by atoms with Gasteiger partial charge in [-0.15, -0.1) is 0 Å². The maximum atomic E-state index is 6.32. The van der Waals surface area contributed by atoms with Gasteiger partial charge < -0.3 is 15.2 Å². The Bertz CT molecular complexity index is 226. The van der Waals surface area contributed by atoms with Crippen molar-refractivity contribution >= 4 is 0 Å². The molecular weight excluding hydrogens is 228 g/mol. The zero-order chi connectivity index (χ0) is 13.5. The lowest BCUT2D eigenvalue weighted by molar-refractivity contribution is 0.0210. The molecule has 0 amide bonds. The third-order valence-corrected chi connectivity index (χ3v) is 4.08. The lowest BCUT2D eigenvalue weighted by Crippen LogP contribution is -2.55. The second kappa shape index (κ2) is 8.10. The largest absolute Gasteiger partial charge is 0.383 e. The standard InChI is InChI=1S/C14H30N2O2/c1-11-5-6-13(15)14(9-11)16(7-8-17-3)12(2)10-18-4/h11-14H,5-10,15H2,1-4H3. The van der Waals surface area contributed by atoms with E-state index in [1.807, 2.05) is 0 Å². The van der Waals surface area contributed by atoms with E-state index in [-0.39, 0.29) is 6.04 Å². The van der Waals surface area contributed by atoms with Crippen LogP contribution in [0.2, 0.25) is 0 Å². The molecule has 0 bridgehead atoms. The highest BCUT2D eigenvalue weighted by molar-refractivity contribution is 4.90. The Morgan fingerprint density at radius 3 is 2.61 bits per heavy atom. The Labute approximate surface area is 112 Å². The van der Waals surface area contributed by atoms with Crippen LogP contribution < -0.4 is 5.73 Å². The summed E-state index contributed by atoms with van der Waals surface area (Å²) in [7, 11) is 3.51. The minimum absolute atomic E-state index is 0.289. The van der Waals surface area contributed by atoms with Crippen molar-refractivity contribution in [3.8, 4) is 0 Å². The Hall–Kier alpha value is -0.160. The van der Waals surface area contributed by atoms with Crippen LogP contribution in [0, 0.1) is 5.92 Å². The summed E-state index contributed by atoms with van der Waals surface area (Å²) in [5.41, 5.74) is 6.32. The molecule has 0 aromatic rings. The summed E-state index contributed by atoms with van der Waals surface area (Å²) in [6.45, 7) is 6.98. The van der Waals surface area contributed by atoms with Gasteiger partial charge in [0.15, 0.2) is 0 Å². The van der Waals surface area contributed by atoms with Crippen LogP contribution in [0.5, 0.6) is 0 Å². The summed E-state index contributed by atoms with van der Waals surface area (Å²) in [6.07, 6.45) is 3.59. The highest BCUT2D eigenvalue weighted by atomic mass is 16.5. The van der Waals surface area contributed by atoms with Crippen molar-refractivity contribution < 1.29 is 9.47 Å². The molecule has 0 heterocycles. The molecule has 0 aliphatic heterocycles. The molecule has 4 nitrogen and oxygen atoms in total. The van der Waals surface area contributed by atoms with Crippen molar-refractivity contribution in [2.24, 2.45) is 11.7 Å². The quantitative estimate of drug-likeness (QED) is 0.751. The van der Waals surface area contributed by atoms with Crippen LogP contribution in [-0.4, -0.2) is 57.0 Å². The number of nitrogens with two attached hydrogens (primary N) is 1. The van der Waals surface area contributed by atoms with Gasteiger partial charge >= 0.3 is 0 Å². The molecule has 0 aromatic heterocycles. The third-order valence-electron chi connectivity index (χ3n) is 4.08. The van der Waals surface area contributed by atoms with Crippen LogP contribution in [0.25, 0.3) is 0 Å². The van der Waals surface area contributed by atoms with E-state index >= 15 is 0 Å². The lowest BCUT2D eigenvalue weighted by atomic mass is 9.82. The predicted octanol–water partition coefficient (Wildman–Crippen LogP) is 1.49. The lowest BCUT2D eigenvalue weighted by Gasteiger charge is -2.43. The second-order valence-electron chi connectivity index (χ2n) is 5.68. The van der Waals surface area contributed by atoms with Gasteiger partial charge in [-0.2, -0.15) is 0 Å². The monoisotopic (exact) mass is 258 g/mol. The Balaban J connectivity index is 2.66. The van der Waals surface area contributed by atoms with E-state index in [1.165, 1.54) is 12.8 Å². The smallest absolute Gasteiger partial charge is 0.0615 e. The topological polar surface area (TPSA) is 47.7 Å². The van der Waals surface area contributed by atoms with Crippen molar-refractivity contribution in [2.45, 2.75) is 51.2 Å². The minimum atomic E-state index is 0.289. The Kier molecular flexibility index (Phi) is 7.15. The molecule has 1 rings (SSSR count). The summed E-state index contributed by atoms with van der Waals surface area (Å²) in [5, 5.41) is 0. The first kappa shape index (κ1) is 15.9. The van der Waals surface area contributed by atoms with Crippen molar-refractivity contribution in [3.05, 3.63) is 0 Å². The van der Waals surface area contributed by atoms with E-state index < -0.39 is 0 Å². The Morgan fingerprint density at radius 1 is 1.28 bits per heavy atom. The minimum Gasteiger partial charge on any atom is -0.383 e. The molecule has 1 saturated carbocycles. The molecule has 2 N–H and O–H groups in total. The van der Waals surface area contributed by atoms with Crippen LogP contribution in [-0.2, 0) is 9.47 Å². The van der Waals surface area contributed by atoms with Gasteiger partial charge in [-0.25, -0.2) is 0 Å². The molecular formula is C14H30N2O2. The number of nitrogens with zero attached hydrogens (tertiary/aromatic N) is 1. The van der Waals surface area contributed by atoms with Gasteiger partial charge in [-0.1, -0.05) is 6.92 Å². The molecule has 1 fully saturated rings. The highest BCUT2D eigenvalue weighted by Crippen LogP contribution is 2.27. The second-order valence-corrected chi connectivity index (χ2v) is 5.68. The first-order valence-electron chi connectivity index (χ1n) is 7.09. The fraction of sp³-hybridized carbons (Fsp3) is 1.00. The summed E-state index contributed by atoms with van der Waals surface area (Å²) in [6, 6.07) is 1.15. The molecule has 108 valence electrons. The normalized spacial score (nSPS) is 30.7. The van der Waals surface area contributed by atoms with Crippen molar-refractivity contribution in [1.29, 1.82) is 0 Å². The number of ether oxygens (including phenoxy) is 2. The SMILES string of the molecule is COCCN(C(C)COC)C1CC(C)CCC1N. The maximum absolute atomic E-state index is 6.32. The van der Waals surface area contributed by atoms with Gasteiger partial charge in [0, 0.05) is 38.9 Å². The molecule has 0 spiro atoms. The van der Waals surface area contributed by atoms with Gasteiger partial charge in [0.1, 0.15) is 0 Å². The number of hydrogen-bond acceptors (Lipinski definition) is 4. The molecule has 4 heteroatoms. The van der Waals surface area contributed by atoms with Crippen LogP contribution >= 0.6 is 0 Å². The van der Waals surface area contributed by atoms with E-state index in [1.54, 1.807) is 14.2 Å². The van der Waals surface area contributed by atoms with Crippen molar-refractivity contribution in [3.63, 3.8) is 0 Å². The fourth-order valence-corrected chi connectivity index (χ4v) is 3.00. The average Bonchev–Trinajstić information content (AvgIpc) is 2.34. The van der Waals surface area contributed by atoms with Gasteiger partial charge in [0.05, 0.1) is 13.2 Å². The van der Waals surface area contributed by atoms with E-state index in [2.05, 4.69) is 18.7 Å². The molecule has 0 radical (unpaired) electrons. The molecule has 1 aliphatic carbocycles. The first-order chi connectivity index (χ1) is 8.60. The fourth-order valence-electron chi connectivity index (χ4n) is 3.00. The summed E-state index contributed by atoms with van der Waals surface area (Å²) < 4.78 is 10.5. The zero-order valence-electron chi connectivity index (χ0n) is 12.4. The van der Waals surface area contributed by atoms with Crippen LogP contribution in [0.3, 0.4) is 0 Å². The van der Waals surface area contributed by atoms with Gasteiger partial charge in [0.25, 0.3) is 0 Å². The molecule has 1 aliphatic rings. The van der Waals surface area contributed by atoms with E-state index in [4.69, 9.17) is 15.2 Å². The van der Waals surface area contributed by atoms with Crippen LogP contribution in [0.15, 0.2) is 0 Å². The Morgan fingerprint density at radius 2 is 2.00 bits per heavy atom. The molecule has 4 atom stereocenters. The third kappa shape index (κ3) is 4.50. The maximum Gasteiger partial charge on any atom is 0.0615 e. The predicted molar refractivity (Wildman–Crippen MR) is 74.7 cm³/mol. The van der Waals surface area contributed by atoms with Crippen molar-refractivity contribution in [1.82, 2.24) is 4.90 Å². The number of rotatable bonds is 7. The molecule has 18 heavy (non-hydrogen) atoms. The first-order valence-corrected chi connectivity index (χ1v) is 7.09. The van der Waals surface area contributed by atoms with Gasteiger partial charge in [-0.3, -0.25) is 4.90 Å². The summed E-state index contributed by atoms with van der Waals surface area (Å²) in [5.74, 6) is 0.773. The number of hydrogen-bond donors (Lipinski definition) is 1. The van der Waals surface area contributed by atoms with E-state index in [9.17, 15) is 0 Å². The van der Waals surface area contributed by atoms with E-state index in [0.717, 1.165) is 32.1 Å². The summed E-state index contributed by atoms with van der Waals surface area (Å²) in [4.78, 5) is 2.48. The average molecular weight is 258 g/mol. The van der Waals surface area contributed by atoms with Gasteiger partial charge in [-0.05, 0) is 32.1 Å². The van der Waals surface area contributed by atoms with Crippen LogP contribution in [0.4, 0.5) is 0 Å². The molecule has 0 saturated heterocycles.